The number of urea groups is 1. The van der Waals surface area contributed by atoms with Gasteiger partial charge in [0.1, 0.15) is 11.6 Å². The molecule has 2 aromatic heterocycles. The first-order valence-corrected chi connectivity index (χ1v) is 11.6. The Morgan fingerprint density at radius 2 is 1.68 bits per heavy atom. The van der Waals surface area contributed by atoms with Gasteiger partial charge in [-0.2, -0.15) is 36.0 Å². The minimum absolute atomic E-state index is 0.0289. The molecule has 4 heterocycles. The molecule has 3 N–H and O–H groups in total. The Morgan fingerprint density at radius 3 is 2.29 bits per heavy atom. The highest BCUT2D eigenvalue weighted by Gasteiger charge is 2.50. The highest BCUT2D eigenvalue weighted by Crippen LogP contribution is 2.42. The highest BCUT2D eigenvalue weighted by atomic mass is 19.4. The summed E-state index contributed by atoms with van der Waals surface area (Å²) in [5.41, 5.74) is 2.43. The lowest BCUT2D eigenvalue weighted by Gasteiger charge is -2.47. The van der Waals surface area contributed by atoms with Crippen molar-refractivity contribution in [3.05, 3.63) is 59.2 Å². The number of rotatable bonds is 5. The number of carbonyl (C=O) groups excluding carboxylic acids is 1. The number of carbonyl (C=O) groups is 1. The third-order valence-electron chi connectivity index (χ3n) is 7.01. The Balaban J connectivity index is 1.45. The molecule has 1 atom stereocenters. The van der Waals surface area contributed by atoms with Gasteiger partial charge in [0.25, 0.3) is 0 Å². The summed E-state index contributed by atoms with van der Waals surface area (Å²) >= 11 is 0. The molecule has 2 fully saturated rings. The number of anilines is 1. The van der Waals surface area contributed by atoms with Crippen molar-refractivity contribution in [1.82, 2.24) is 24.4 Å². The van der Waals surface area contributed by atoms with Crippen LogP contribution < -0.4 is 11.1 Å². The molecule has 0 saturated carbocycles. The Morgan fingerprint density at radius 1 is 1.03 bits per heavy atom. The number of primary amides is 1. The van der Waals surface area contributed by atoms with Gasteiger partial charge in [0, 0.05) is 43.7 Å². The molecule has 1 spiro atoms. The van der Waals surface area contributed by atoms with Crippen LogP contribution in [0.1, 0.15) is 29.4 Å². The van der Waals surface area contributed by atoms with Crippen molar-refractivity contribution in [3.63, 3.8) is 0 Å². The molecular weight excluding hydrogens is 523 g/mol. The summed E-state index contributed by atoms with van der Waals surface area (Å²) in [6.45, 7) is 2.03. The number of aromatic nitrogens is 3. The normalized spacial score (nSPS) is 18.7. The van der Waals surface area contributed by atoms with E-state index in [-0.39, 0.29) is 17.8 Å². The quantitative estimate of drug-likeness (QED) is 0.471. The van der Waals surface area contributed by atoms with Crippen molar-refractivity contribution < 1.29 is 35.5 Å². The molecular formula is C23H22F7N7O. The number of hydrogen-bond acceptors (Lipinski definition) is 5. The molecule has 0 bridgehead atoms. The van der Waals surface area contributed by atoms with Crippen LogP contribution in [0.25, 0.3) is 5.65 Å². The first-order chi connectivity index (χ1) is 17.7. The smallest absolute Gasteiger partial charge is 0.368 e. The Labute approximate surface area is 211 Å². The van der Waals surface area contributed by atoms with Crippen LogP contribution in [0.2, 0.25) is 0 Å². The van der Waals surface area contributed by atoms with Crippen LogP contribution in [0.5, 0.6) is 0 Å². The predicted molar refractivity (Wildman–Crippen MR) is 120 cm³/mol. The van der Waals surface area contributed by atoms with Crippen LogP contribution >= 0.6 is 0 Å². The van der Waals surface area contributed by atoms with Crippen molar-refractivity contribution in [2.24, 2.45) is 11.1 Å². The van der Waals surface area contributed by atoms with Gasteiger partial charge in [0.2, 0.25) is 0 Å². The van der Waals surface area contributed by atoms with E-state index in [2.05, 4.69) is 15.4 Å². The third kappa shape index (κ3) is 4.93. The Hall–Kier alpha value is -3.62. The molecule has 2 aliphatic rings. The zero-order valence-electron chi connectivity index (χ0n) is 19.7. The summed E-state index contributed by atoms with van der Waals surface area (Å²) in [5, 5.41) is 6.24. The summed E-state index contributed by atoms with van der Waals surface area (Å²) in [7, 11) is 0. The van der Waals surface area contributed by atoms with Gasteiger partial charge in [-0.05, 0) is 30.7 Å². The van der Waals surface area contributed by atoms with Crippen molar-refractivity contribution in [1.29, 1.82) is 0 Å². The number of likely N-dealkylation sites (tertiary alicyclic amines) is 2. The average Bonchev–Trinajstić information content (AvgIpc) is 3.44. The molecule has 8 nitrogen and oxygen atoms in total. The lowest BCUT2D eigenvalue weighted by molar-refractivity contribution is -0.142. The fourth-order valence-electron chi connectivity index (χ4n) is 5.14. The molecule has 0 aliphatic carbocycles. The van der Waals surface area contributed by atoms with E-state index in [1.54, 1.807) is 12.1 Å². The number of alkyl halides is 6. The van der Waals surface area contributed by atoms with Crippen LogP contribution in [-0.4, -0.2) is 63.2 Å². The molecule has 1 aromatic carbocycles. The zero-order valence-corrected chi connectivity index (χ0v) is 19.7. The van der Waals surface area contributed by atoms with E-state index in [1.165, 1.54) is 17.0 Å². The molecule has 204 valence electrons. The summed E-state index contributed by atoms with van der Waals surface area (Å²) in [4.78, 5) is 18.3. The van der Waals surface area contributed by atoms with Gasteiger partial charge < -0.3 is 16.0 Å². The van der Waals surface area contributed by atoms with E-state index in [1.807, 2.05) is 4.90 Å². The molecule has 3 aromatic rings. The number of fused-ring (bicyclic) bond motifs is 1. The van der Waals surface area contributed by atoms with Gasteiger partial charge >= 0.3 is 18.4 Å². The van der Waals surface area contributed by atoms with E-state index >= 15 is 0 Å². The van der Waals surface area contributed by atoms with Gasteiger partial charge in [0.05, 0.1) is 6.04 Å². The Bertz CT molecular complexity index is 1350. The maximum absolute atomic E-state index is 13.6. The second-order valence-electron chi connectivity index (χ2n) is 9.68. The Kier molecular flexibility index (Phi) is 6.16. The van der Waals surface area contributed by atoms with Crippen LogP contribution in [0.15, 0.2) is 36.4 Å². The van der Waals surface area contributed by atoms with Crippen LogP contribution in [0.4, 0.5) is 41.3 Å². The number of hydrogen-bond donors (Lipinski definition) is 2. The van der Waals surface area contributed by atoms with Crippen LogP contribution in [0.3, 0.4) is 0 Å². The van der Waals surface area contributed by atoms with Gasteiger partial charge in [-0.3, -0.25) is 4.90 Å². The fourth-order valence-corrected chi connectivity index (χ4v) is 5.14. The molecule has 38 heavy (non-hydrogen) atoms. The average molecular weight is 545 g/mol. The largest absolute Gasteiger partial charge is 0.435 e. The van der Waals surface area contributed by atoms with Crippen LogP contribution in [-0.2, 0) is 12.4 Å². The number of nitrogens with one attached hydrogen (secondary N) is 1. The third-order valence-corrected chi connectivity index (χ3v) is 7.01. The molecule has 0 radical (unpaired) electrons. The maximum Gasteiger partial charge on any atom is 0.435 e. The van der Waals surface area contributed by atoms with E-state index in [0.717, 1.165) is 6.42 Å². The zero-order chi connectivity index (χ0) is 27.5. The maximum atomic E-state index is 13.6. The van der Waals surface area contributed by atoms with E-state index in [9.17, 15) is 35.5 Å². The van der Waals surface area contributed by atoms with Gasteiger partial charge in [0.15, 0.2) is 17.0 Å². The monoisotopic (exact) mass is 545 g/mol. The molecule has 1 unspecified atom stereocenters. The van der Waals surface area contributed by atoms with E-state index < -0.39 is 47.3 Å². The molecule has 2 saturated heterocycles. The SMILES string of the molecule is NC(=O)N1CC2(CCN(C(CNc3cc(C(F)(F)F)nc4cc(C(F)(F)F)nn34)c3ccc(F)cc3)C2)C1. The highest BCUT2D eigenvalue weighted by molar-refractivity contribution is 5.73. The number of amides is 2. The first kappa shape index (κ1) is 26.0. The number of nitrogens with zero attached hydrogens (tertiary/aromatic N) is 5. The molecule has 2 amide bonds. The van der Waals surface area contributed by atoms with E-state index in [0.29, 0.717) is 48.4 Å². The number of benzene rings is 1. The predicted octanol–water partition coefficient (Wildman–Crippen LogP) is 4.15. The molecule has 15 heteroatoms. The minimum atomic E-state index is -4.91. The van der Waals surface area contributed by atoms with Gasteiger partial charge in [-0.15, -0.1) is 0 Å². The second-order valence-corrected chi connectivity index (χ2v) is 9.68. The summed E-state index contributed by atoms with van der Waals surface area (Å²) in [6, 6.07) is 5.64. The fraction of sp³-hybridized carbons (Fsp3) is 0.435. The minimum Gasteiger partial charge on any atom is -0.368 e. The topological polar surface area (TPSA) is 91.8 Å². The summed E-state index contributed by atoms with van der Waals surface area (Å²) in [6.07, 6.45) is -9.05. The number of halogens is 7. The van der Waals surface area contributed by atoms with Gasteiger partial charge in [-0.25, -0.2) is 14.2 Å². The summed E-state index contributed by atoms with van der Waals surface area (Å²) < 4.78 is 94.5. The van der Waals surface area contributed by atoms with Crippen molar-refractivity contribution in [2.45, 2.75) is 24.8 Å². The van der Waals surface area contributed by atoms with Crippen molar-refractivity contribution in [2.75, 3.05) is 38.0 Å². The van der Waals surface area contributed by atoms with E-state index in [4.69, 9.17) is 5.73 Å². The first-order valence-electron chi connectivity index (χ1n) is 11.6. The number of nitrogens with two attached hydrogens (primary N) is 1. The molecule has 2 aliphatic heterocycles. The second kappa shape index (κ2) is 8.99. The standard InChI is InChI=1S/C23H22F7N7O/c24-14-3-1-13(2-4-14)15(35-6-5-21(10-35)11-36(12-21)20(31)38)9-32-18-7-16(22(25,26)27)33-19-8-17(23(28,29)30)34-37(18)19/h1-4,7-8,15,32H,5-6,9-12H2,(H2,31,38). The lowest BCUT2D eigenvalue weighted by atomic mass is 9.79. The lowest BCUT2D eigenvalue weighted by Crippen LogP contribution is -2.61. The van der Waals surface area contributed by atoms with Crippen molar-refractivity contribution >= 4 is 17.5 Å². The molecule has 5 rings (SSSR count). The summed E-state index contributed by atoms with van der Waals surface area (Å²) in [5.74, 6) is -0.807. The van der Waals surface area contributed by atoms with Crippen molar-refractivity contribution in [3.8, 4) is 0 Å². The van der Waals surface area contributed by atoms with Gasteiger partial charge in [-0.1, -0.05) is 12.1 Å². The van der Waals surface area contributed by atoms with Crippen LogP contribution in [0, 0.1) is 11.2 Å².